The topological polar surface area (TPSA) is 102 Å². The average Bonchev–Trinajstić information content (AvgIpc) is 3.10. The lowest BCUT2D eigenvalue weighted by molar-refractivity contribution is -0.385. The van der Waals surface area contributed by atoms with Gasteiger partial charge in [0.1, 0.15) is 6.61 Å². The standard InChI is InChI=1S/C24H18N2O5/c27-23-16(7-5-13-22(23)26(29)30)8-6-14-25-24(28)31-15-21-19-11-3-1-9-17(19)18-10-2-4-12-20(18)21/h1-5,7,9-13,21,27H,14-15H2,(H,25,28). The van der Waals surface area contributed by atoms with Gasteiger partial charge in [-0.25, -0.2) is 4.79 Å². The first-order valence-electron chi connectivity index (χ1n) is 9.60. The summed E-state index contributed by atoms with van der Waals surface area (Å²) in [5.74, 6) is 4.73. The molecule has 0 unspecified atom stereocenters. The van der Waals surface area contributed by atoms with E-state index >= 15 is 0 Å². The van der Waals surface area contributed by atoms with Crippen molar-refractivity contribution in [3.63, 3.8) is 0 Å². The summed E-state index contributed by atoms with van der Waals surface area (Å²) >= 11 is 0. The second-order valence-electron chi connectivity index (χ2n) is 6.91. The van der Waals surface area contributed by atoms with Crippen LogP contribution in [-0.4, -0.2) is 29.3 Å². The third-order valence-corrected chi connectivity index (χ3v) is 5.10. The van der Waals surface area contributed by atoms with Gasteiger partial charge < -0.3 is 15.2 Å². The van der Waals surface area contributed by atoms with Gasteiger partial charge in [0.2, 0.25) is 5.75 Å². The largest absolute Gasteiger partial charge is 0.501 e. The Morgan fingerprint density at radius 3 is 2.32 bits per heavy atom. The zero-order valence-electron chi connectivity index (χ0n) is 16.4. The highest BCUT2D eigenvalue weighted by Crippen LogP contribution is 2.44. The van der Waals surface area contributed by atoms with Crippen LogP contribution in [0.25, 0.3) is 11.1 Å². The molecule has 7 heteroatoms. The van der Waals surface area contributed by atoms with Crippen LogP contribution in [0, 0.1) is 22.0 Å². The normalized spacial score (nSPS) is 11.6. The summed E-state index contributed by atoms with van der Waals surface area (Å²) < 4.78 is 5.41. The van der Waals surface area contributed by atoms with Crippen molar-refractivity contribution < 1.29 is 19.6 Å². The molecular weight excluding hydrogens is 396 g/mol. The molecule has 31 heavy (non-hydrogen) atoms. The fraction of sp³-hybridized carbons (Fsp3) is 0.125. The molecule has 3 aromatic rings. The smallest absolute Gasteiger partial charge is 0.407 e. The minimum Gasteiger partial charge on any atom is -0.501 e. The lowest BCUT2D eigenvalue weighted by Crippen LogP contribution is -2.26. The quantitative estimate of drug-likeness (QED) is 0.379. The van der Waals surface area contributed by atoms with Crippen LogP contribution in [0.1, 0.15) is 22.6 Å². The van der Waals surface area contributed by atoms with Crippen molar-refractivity contribution in [2.75, 3.05) is 13.2 Å². The van der Waals surface area contributed by atoms with Gasteiger partial charge in [-0.2, -0.15) is 0 Å². The van der Waals surface area contributed by atoms with E-state index in [4.69, 9.17) is 4.74 Å². The molecule has 0 radical (unpaired) electrons. The number of phenols is 1. The minimum atomic E-state index is -0.685. The molecule has 3 aromatic carbocycles. The van der Waals surface area contributed by atoms with Crippen molar-refractivity contribution in [2.24, 2.45) is 0 Å². The van der Waals surface area contributed by atoms with E-state index < -0.39 is 22.5 Å². The van der Waals surface area contributed by atoms with Crippen LogP contribution in [-0.2, 0) is 4.74 Å². The molecule has 0 bridgehead atoms. The predicted molar refractivity (Wildman–Crippen MR) is 115 cm³/mol. The lowest BCUT2D eigenvalue weighted by Gasteiger charge is -2.14. The van der Waals surface area contributed by atoms with Crippen LogP contribution in [0.15, 0.2) is 66.7 Å². The number of phenolic OH excluding ortho intramolecular Hbond substituents is 1. The van der Waals surface area contributed by atoms with Crippen molar-refractivity contribution in [3.05, 3.63) is 93.5 Å². The molecule has 2 N–H and O–H groups in total. The monoisotopic (exact) mass is 414 g/mol. The number of nitrogens with zero attached hydrogens (tertiary/aromatic N) is 1. The molecule has 154 valence electrons. The van der Waals surface area contributed by atoms with E-state index in [0.29, 0.717) is 0 Å². The van der Waals surface area contributed by atoms with E-state index in [2.05, 4.69) is 29.3 Å². The predicted octanol–water partition coefficient (Wildman–Crippen LogP) is 4.19. The molecule has 0 spiro atoms. The Hall–Kier alpha value is -4.31. The number of amides is 1. The molecule has 0 saturated heterocycles. The summed E-state index contributed by atoms with van der Waals surface area (Å²) in [6.07, 6.45) is -0.612. The molecular formula is C24H18N2O5. The summed E-state index contributed by atoms with van der Waals surface area (Å²) in [5, 5.41) is 23.3. The number of rotatable bonds is 4. The Morgan fingerprint density at radius 2 is 1.68 bits per heavy atom. The first-order chi connectivity index (χ1) is 15.1. The van der Waals surface area contributed by atoms with Gasteiger partial charge in [-0.3, -0.25) is 10.1 Å². The van der Waals surface area contributed by atoms with Gasteiger partial charge in [0.15, 0.2) is 0 Å². The Bertz CT molecular complexity index is 1180. The number of aromatic hydroxyl groups is 1. The molecule has 1 aliphatic rings. The summed E-state index contributed by atoms with van der Waals surface area (Å²) in [6.45, 7) is 0.164. The first kappa shape index (κ1) is 20.0. The van der Waals surface area contributed by atoms with Gasteiger partial charge in [0.25, 0.3) is 0 Å². The molecule has 4 rings (SSSR count). The van der Waals surface area contributed by atoms with E-state index in [1.165, 1.54) is 18.2 Å². The number of hydrogen-bond acceptors (Lipinski definition) is 5. The Morgan fingerprint density at radius 1 is 1.03 bits per heavy atom. The number of para-hydroxylation sites is 1. The highest BCUT2D eigenvalue weighted by atomic mass is 16.6. The molecule has 0 aromatic heterocycles. The molecule has 0 fully saturated rings. The maximum atomic E-state index is 12.1. The number of nitro benzene ring substituents is 1. The van der Waals surface area contributed by atoms with Crippen molar-refractivity contribution in [1.82, 2.24) is 5.32 Å². The van der Waals surface area contributed by atoms with Crippen LogP contribution < -0.4 is 5.32 Å². The van der Waals surface area contributed by atoms with E-state index in [1.807, 2.05) is 36.4 Å². The van der Waals surface area contributed by atoms with Crippen LogP contribution in [0.4, 0.5) is 10.5 Å². The number of benzene rings is 3. The summed E-state index contributed by atoms with van der Waals surface area (Å²) in [6, 6.07) is 20.2. The second-order valence-corrected chi connectivity index (χ2v) is 6.91. The van der Waals surface area contributed by atoms with E-state index in [0.717, 1.165) is 22.3 Å². The Labute approximate surface area is 178 Å². The van der Waals surface area contributed by atoms with Gasteiger partial charge in [0, 0.05) is 12.0 Å². The van der Waals surface area contributed by atoms with Crippen LogP contribution in [0.5, 0.6) is 5.75 Å². The maximum absolute atomic E-state index is 12.1. The minimum absolute atomic E-state index is 0.0290. The fourth-order valence-corrected chi connectivity index (χ4v) is 3.68. The number of nitrogens with one attached hydrogen (secondary N) is 1. The molecule has 0 saturated carbocycles. The van der Waals surface area contributed by atoms with Crippen LogP contribution in [0.3, 0.4) is 0 Å². The molecule has 1 amide bonds. The highest BCUT2D eigenvalue weighted by molar-refractivity contribution is 5.79. The van der Waals surface area contributed by atoms with Gasteiger partial charge in [-0.05, 0) is 28.3 Å². The van der Waals surface area contributed by atoms with Crippen LogP contribution in [0.2, 0.25) is 0 Å². The highest BCUT2D eigenvalue weighted by Gasteiger charge is 2.28. The van der Waals surface area contributed by atoms with Crippen molar-refractivity contribution in [3.8, 4) is 28.7 Å². The maximum Gasteiger partial charge on any atom is 0.407 e. The van der Waals surface area contributed by atoms with Crippen molar-refractivity contribution in [1.29, 1.82) is 0 Å². The van der Waals surface area contributed by atoms with E-state index in [-0.39, 0.29) is 24.6 Å². The van der Waals surface area contributed by atoms with Crippen molar-refractivity contribution in [2.45, 2.75) is 5.92 Å². The summed E-state index contributed by atoms with van der Waals surface area (Å²) in [5.41, 5.74) is 4.24. The number of carbonyl (C=O) groups excluding carboxylic acids is 1. The second kappa shape index (κ2) is 8.59. The molecule has 1 aliphatic carbocycles. The fourth-order valence-electron chi connectivity index (χ4n) is 3.68. The van der Waals surface area contributed by atoms with Gasteiger partial charge in [-0.1, -0.05) is 66.4 Å². The third kappa shape index (κ3) is 4.05. The molecule has 0 heterocycles. The number of hydrogen-bond donors (Lipinski definition) is 2. The zero-order valence-corrected chi connectivity index (χ0v) is 16.4. The SMILES string of the molecule is O=C(NCC#Cc1cccc([N+](=O)[O-])c1O)OCC1c2ccccc2-c2ccccc21. The van der Waals surface area contributed by atoms with Gasteiger partial charge in [0.05, 0.1) is 17.0 Å². The van der Waals surface area contributed by atoms with E-state index in [9.17, 15) is 20.0 Å². The Kier molecular flexibility index (Phi) is 5.54. The zero-order chi connectivity index (χ0) is 21.8. The van der Waals surface area contributed by atoms with E-state index in [1.54, 1.807) is 0 Å². The molecule has 7 nitrogen and oxygen atoms in total. The number of ether oxygens (including phenoxy) is 1. The number of fused-ring (bicyclic) bond motifs is 3. The Balaban J connectivity index is 1.36. The average molecular weight is 414 g/mol. The van der Waals surface area contributed by atoms with Gasteiger partial charge in [-0.15, -0.1) is 0 Å². The first-order valence-corrected chi connectivity index (χ1v) is 9.60. The third-order valence-electron chi connectivity index (χ3n) is 5.10. The van der Waals surface area contributed by atoms with Gasteiger partial charge >= 0.3 is 11.8 Å². The summed E-state index contributed by atoms with van der Waals surface area (Å²) in [4.78, 5) is 22.3. The number of alkyl carbamates (subject to hydrolysis) is 1. The molecule has 0 atom stereocenters. The van der Waals surface area contributed by atoms with Crippen molar-refractivity contribution >= 4 is 11.8 Å². The van der Waals surface area contributed by atoms with Crippen LogP contribution >= 0.6 is 0 Å². The lowest BCUT2D eigenvalue weighted by atomic mass is 9.98. The number of nitro groups is 1. The number of carbonyl (C=O) groups is 1. The molecule has 0 aliphatic heterocycles. The summed E-state index contributed by atoms with van der Waals surface area (Å²) in [7, 11) is 0.